The molecule has 25 heavy (non-hydrogen) atoms. The minimum Gasteiger partial charge on any atom is -0.475 e. The predicted molar refractivity (Wildman–Crippen MR) is 84.4 cm³/mol. The van der Waals surface area contributed by atoms with Crippen LogP contribution in [0.3, 0.4) is 0 Å². The largest absolute Gasteiger partial charge is 0.490 e. The molecule has 0 unspecified atom stereocenters. The third-order valence-corrected chi connectivity index (χ3v) is 4.14. The van der Waals surface area contributed by atoms with Crippen molar-refractivity contribution in [3.63, 3.8) is 0 Å². The second-order valence-electron chi connectivity index (χ2n) is 4.90. The van der Waals surface area contributed by atoms with Crippen molar-refractivity contribution in [2.24, 2.45) is 0 Å². The first kappa shape index (κ1) is 16.9. The number of aryl methyl sites for hydroxylation is 1. The van der Waals surface area contributed by atoms with E-state index in [1.54, 1.807) is 17.5 Å². The maximum Gasteiger partial charge on any atom is 0.490 e. The SMILES string of the molecule is Cc1ccc(-c2nnc3cnc4[nH]ccc4n23)s1.O=C(O)C(F)(F)F. The van der Waals surface area contributed by atoms with E-state index >= 15 is 0 Å². The van der Waals surface area contributed by atoms with Crippen LogP contribution in [0.5, 0.6) is 0 Å². The number of aliphatic carboxylic acids is 1. The van der Waals surface area contributed by atoms with Gasteiger partial charge >= 0.3 is 12.1 Å². The average Bonchev–Trinajstić information content (AvgIpc) is 3.23. The molecule has 0 spiro atoms. The number of H-pyrrole nitrogens is 1. The van der Waals surface area contributed by atoms with Crippen LogP contribution in [0, 0.1) is 6.92 Å². The Morgan fingerprint density at radius 3 is 2.60 bits per heavy atom. The molecule has 0 aliphatic carbocycles. The number of carboxylic acids is 1. The number of aromatic nitrogens is 5. The highest BCUT2D eigenvalue weighted by molar-refractivity contribution is 7.15. The molecule has 130 valence electrons. The molecule has 4 aromatic heterocycles. The maximum atomic E-state index is 10.6. The van der Waals surface area contributed by atoms with Crippen LogP contribution in [-0.4, -0.2) is 41.8 Å². The van der Waals surface area contributed by atoms with Crippen LogP contribution < -0.4 is 0 Å². The van der Waals surface area contributed by atoms with E-state index in [2.05, 4.69) is 39.2 Å². The molecule has 0 aromatic carbocycles. The number of rotatable bonds is 1. The Morgan fingerprint density at radius 2 is 2.00 bits per heavy atom. The third kappa shape index (κ3) is 3.31. The number of fused-ring (bicyclic) bond motifs is 3. The molecule has 2 N–H and O–H groups in total. The Hall–Kier alpha value is -2.95. The van der Waals surface area contributed by atoms with Crippen LogP contribution in [0.25, 0.3) is 27.5 Å². The molecule has 0 fully saturated rings. The Morgan fingerprint density at radius 1 is 1.28 bits per heavy atom. The lowest BCUT2D eigenvalue weighted by Crippen LogP contribution is -2.21. The van der Waals surface area contributed by atoms with Crippen LogP contribution >= 0.6 is 11.3 Å². The highest BCUT2D eigenvalue weighted by Gasteiger charge is 2.38. The molecule has 0 amide bonds. The first-order valence-electron chi connectivity index (χ1n) is 6.81. The van der Waals surface area contributed by atoms with E-state index in [0.29, 0.717) is 0 Å². The summed E-state index contributed by atoms with van der Waals surface area (Å²) in [5, 5.41) is 15.6. The van der Waals surface area contributed by atoms with Gasteiger partial charge in [-0.3, -0.25) is 4.40 Å². The number of carboxylic acid groups (broad SMARTS) is 1. The summed E-state index contributed by atoms with van der Waals surface area (Å²) in [6, 6.07) is 6.16. The normalized spacial score (nSPS) is 11.5. The Balaban J connectivity index is 0.000000225. The predicted octanol–water partition coefficient (Wildman–Crippen LogP) is 3.28. The molecule has 0 bridgehead atoms. The summed E-state index contributed by atoms with van der Waals surface area (Å²) in [4.78, 5) is 18.7. The van der Waals surface area contributed by atoms with Gasteiger partial charge in [0.25, 0.3) is 0 Å². The zero-order chi connectivity index (χ0) is 18.2. The molecule has 0 saturated heterocycles. The zero-order valence-corrected chi connectivity index (χ0v) is 13.4. The van der Waals surface area contributed by atoms with E-state index in [9.17, 15) is 13.2 Å². The van der Waals surface area contributed by atoms with Gasteiger partial charge in [-0.05, 0) is 25.1 Å². The summed E-state index contributed by atoms with van der Waals surface area (Å²) in [7, 11) is 0. The van der Waals surface area contributed by atoms with Gasteiger partial charge in [0.2, 0.25) is 0 Å². The minimum absolute atomic E-state index is 0.767. The fraction of sp³-hybridized carbons (Fsp3) is 0.143. The van der Waals surface area contributed by atoms with Crippen LogP contribution in [0.15, 0.2) is 30.6 Å². The molecule has 4 heterocycles. The average molecular weight is 369 g/mol. The lowest BCUT2D eigenvalue weighted by Gasteiger charge is -1.98. The van der Waals surface area contributed by atoms with Gasteiger partial charge in [0.15, 0.2) is 17.1 Å². The molecular weight excluding hydrogens is 359 g/mol. The van der Waals surface area contributed by atoms with Crippen molar-refractivity contribution in [3.8, 4) is 10.7 Å². The molecule has 0 saturated carbocycles. The van der Waals surface area contributed by atoms with E-state index in [-0.39, 0.29) is 0 Å². The van der Waals surface area contributed by atoms with Crippen molar-refractivity contribution in [3.05, 3.63) is 35.5 Å². The van der Waals surface area contributed by atoms with Crippen molar-refractivity contribution in [1.82, 2.24) is 24.6 Å². The maximum absolute atomic E-state index is 10.6. The van der Waals surface area contributed by atoms with Gasteiger partial charge in [-0.2, -0.15) is 13.2 Å². The fourth-order valence-corrected chi connectivity index (χ4v) is 2.93. The van der Waals surface area contributed by atoms with Gasteiger partial charge in [-0.15, -0.1) is 21.5 Å². The standard InChI is InChI=1S/C12H9N5S.C2HF3O2/c1-7-2-3-9(18-7)12-16-15-10-6-14-11-8(17(10)12)4-5-13-11;3-2(4,5)1(6)7/h2-6,13H,1H3;(H,6,7). The minimum atomic E-state index is -5.08. The summed E-state index contributed by atoms with van der Waals surface area (Å²) in [6.45, 7) is 2.09. The molecule has 0 aliphatic rings. The highest BCUT2D eigenvalue weighted by atomic mass is 32.1. The van der Waals surface area contributed by atoms with Gasteiger partial charge in [-0.25, -0.2) is 9.78 Å². The number of hydrogen-bond acceptors (Lipinski definition) is 5. The molecule has 11 heteroatoms. The molecule has 4 aromatic rings. The summed E-state index contributed by atoms with van der Waals surface area (Å²) < 4.78 is 33.8. The molecule has 0 atom stereocenters. The van der Waals surface area contributed by atoms with Crippen molar-refractivity contribution in [1.29, 1.82) is 0 Å². The quantitative estimate of drug-likeness (QED) is 0.537. The number of aromatic amines is 1. The second-order valence-corrected chi connectivity index (χ2v) is 6.19. The van der Waals surface area contributed by atoms with Crippen molar-refractivity contribution in [2.45, 2.75) is 13.1 Å². The highest BCUT2D eigenvalue weighted by Crippen LogP contribution is 2.28. The number of hydrogen-bond donors (Lipinski definition) is 2. The van der Waals surface area contributed by atoms with Crippen LogP contribution in [0.4, 0.5) is 13.2 Å². The van der Waals surface area contributed by atoms with Crippen molar-refractivity contribution < 1.29 is 23.1 Å². The summed E-state index contributed by atoms with van der Waals surface area (Å²) in [6.07, 6.45) is -1.48. The van der Waals surface area contributed by atoms with E-state index < -0.39 is 12.1 Å². The smallest absolute Gasteiger partial charge is 0.475 e. The van der Waals surface area contributed by atoms with Crippen molar-refractivity contribution >= 4 is 34.1 Å². The first-order chi connectivity index (χ1) is 11.8. The van der Waals surface area contributed by atoms with Gasteiger partial charge in [0, 0.05) is 11.1 Å². The van der Waals surface area contributed by atoms with Crippen molar-refractivity contribution in [2.75, 3.05) is 0 Å². The molecule has 0 radical (unpaired) electrons. The van der Waals surface area contributed by atoms with Gasteiger partial charge in [0.1, 0.15) is 0 Å². The van der Waals surface area contributed by atoms with Gasteiger partial charge in [-0.1, -0.05) is 0 Å². The molecule has 4 rings (SSSR count). The topological polar surface area (TPSA) is 96.2 Å². The summed E-state index contributed by atoms with van der Waals surface area (Å²) in [5.74, 6) is -1.89. The molecular formula is C14H10F3N5O2S. The Bertz CT molecular complexity index is 1050. The summed E-state index contributed by atoms with van der Waals surface area (Å²) >= 11 is 1.72. The van der Waals surface area contributed by atoms with E-state index in [4.69, 9.17) is 9.90 Å². The molecule has 7 nitrogen and oxygen atoms in total. The third-order valence-electron chi connectivity index (χ3n) is 3.15. The monoisotopic (exact) mass is 369 g/mol. The van der Waals surface area contributed by atoms with Crippen LogP contribution in [0.2, 0.25) is 0 Å². The Kier molecular flexibility index (Phi) is 4.17. The number of nitrogens with one attached hydrogen (secondary N) is 1. The number of thiophene rings is 1. The lowest BCUT2D eigenvalue weighted by atomic mass is 10.4. The van der Waals surface area contributed by atoms with Gasteiger partial charge < -0.3 is 10.1 Å². The van der Waals surface area contributed by atoms with Gasteiger partial charge in [0.05, 0.1) is 16.6 Å². The summed E-state index contributed by atoms with van der Waals surface area (Å²) in [5.41, 5.74) is 2.61. The van der Waals surface area contributed by atoms with E-state index in [0.717, 1.165) is 27.5 Å². The van der Waals surface area contributed by atoms with Crippen LogP contribution in [0.1, 0.15) is 4.88 Å². The number of nitrogens with zero attached hydrogens (tertiary/aromatic N) is 4. The fourth-order valence-electron chi connectivity index (χ4n) is 2.09. The lowest BCUT2D eigenvalue weighted by molar-refractivity contribution is -0.192. The Labute approximate surface area is 141 Å². The zero-order valence-electron chi connectivity index (χ0n) is 12.6. The number of halogens is 3. The first-order valence-corrected chi connectivity index (χ1v) is 7.63. The van der Waals surface area contributed by atoms with E-state index in [1.165, 1.54) is 4.88 Å². The number of carbonyl (C=O) groups is 1. The second kappa shape index (κ2) is 6.16. The van der Waals surface area contributed by atoms with Crippen LogP contribution in [-0.2, 0) is 4.79 Å². The van der Waals surface area contributed by atoms with E-state index in [1.807, 2.05) is 16.7 Å². The number of alkyl halides is 3. The molecule has 0 aliphatic heterocycles.